The number of nitrogens with zero attached hydrogens (tertiary/aromatic N) is 2. The molecule has 0 aliphatic carbocycles. The second-order valence-corrected chi connectivity index (χ2v) is 3.73. The van der Waals surface area contributed by atoms with Gasteiger partial charge in [0.15, 0.2) is 0 Å². The zero-order valence-corrected chi connectivity index (χ0v) is 9.72. The van der Waals surface area contributed by atoms with Crippen molar-refractivity contribution in [1.29, 1.82) is 5.26 Å². The van der Waals surface area contributed by atoms with Crippen molar-refractivity contribution in [2.45, 2.75) is 0 Å². The van der Waals surface area contributed by atoms with Gasteiger partial charge in [0.1, 0.15) is 11.6 Å². The van der Waals surface area contributed by atoms with E-state index >= 15 is 0 Å². The van der Waals surface area contributed by atoms with Gasteiger partial charge in [-0.05, 0) is 30.3 Å². The van der Waals surface area contributed by atoms with E-state index in [1.807, 2.05) is 6.07 Å². The number of anilines is 2. The molecule has 2 rings (SSSR count). The maximum atomic E-state index is 13.6. The summed E-state index contributed by atoms with van der Waals surface area (Å²) in [5.41, 5.74) is 5.85. The van der Waals surface area contributed by atoms with Crippen LogP contribution in [0.1, 0.15) is 15.9 Å². The average Bonchev–Trinajstić information content (AvgIpc) is 2.41. The molecule has 1 heterocycles. The van der Waals surface area contributed by atoms with E-state index in [0.29, 0.717) is 5.82 Å². The number of amides is 1. The number of nitrogen functional groups attached to an aromatic ring is 1. The molecule has 3 N–H and O–H groups in total. The second kappa shape index (κ2) is 5.14. The van der Waals surface area contributed by atoms with Crippen LogP contribution in [-0.2, 0) is 0 Å². The van der Waals surface area contributed by atoms with Gasteiger partial charge in [0.2, 0.25) is 0 Å². The van der Waals surface area contributed by atoms with Crippen LogP contribution in [0, 0.1) is 17.1 Å². The van der Waals surface area contributed by atoms with E-state index in [4.69, 9.17) is 11.0 Å². The number of carbonyl (C=O) groups is 1. The Morgan fingerprint density at radius 1 is 1.37 bits per heavy atom. The molecular weight excluding hydrogens is 247 g/mol. The number of benzene rings is 1. The third-order valence-corrected chi connectivity index (χ3v) is 2.39. The van der Waals surface area contributed by atoms with E-state index in [2.05, 4.69) is 10.3 Å². The fraction of sp³-hybridized carbons (Fsp3) is 0. The first-order valence-electron chi connectivity index (χ1n) is 5.32. The molecule has 0 spiro atoms. The van der Waals surface area contributed by atoms with Gasteiger partial charge in [-0.15, -0.1) is 0 Å². The zero-order chi connectivity index (χ0) is 13.8. The number of nitrogens with two attached hydrogens (primary N) is 1. The van der Waals surface area contributed by atoms with E-state index in [1.165, 1.54) is 30.5 Å². The first kappa shape index (κ1) is 12.5. The monoisotopic (exact) mass is 256 g/mol. The molecule has 2 aromatic rings. The summed E-state index contributed by atoms with van der Waals surface area (Å²) in [6.45, 7) is 0. The summed E-state index contributed by atoms with van der Waals surface area (Å²) in [6, 6.07) is 8.57. The smallest absolute Gasteiger partial charge is 0.257 e. The zero-order valence-electron chi connectivity index (χ0n) is 9.72. The topological polar surface area (TPSA) is 91.8 Å². The second-order valence-electron chi connectivity index (χ2n) is 3.73. The van der Waals surface area contributed by atoms with Crippen molar-refractivity contribution in [1.82, 2.24) is 4.98 Å². The molecule has 94 valence electrons. The van der Waals surface area contributed by atoms with Gasteiger partial charge < -0.3 is 11.1 Å². The van der Waals surface area contributed by atoms with Gasteiger partial charge >= 0.3 is 0 Å². The van der Waals surface area contributed by atoms with Crippen LogP contribution >= 0.6 is 0 Å². The van der Waals surface area contributed by atoms with E-state index in [-0.39, 0.29) is 16.8 Å². The number of aromatic nitrogens is 1. The lowest BCUT2D eigenvalue weighted by atomic mass is 10.2. The van der Waals surface area contributed by atoms with Crippen molar-refractivity contribution in [2.24, 2.45) is 0 Å². The van der Waals surface area contributed by atoms with E-state index in [1.54, 1.807) is 0 Å². The summed E-state index contributed by atoms with van der Waals surface area (Å²) in [7, 11) is 0. The molecule has 0 saturated carbocycles. The number of pyridine rings is 1. The molecule has 0 radical (unpaired) electrons. The maximum Gasteiger partial charge on any atom is 0.257 e. The molecule has 0 bridgehead atoms. The third kappa shape index (κ3) is 2.84. The Kier molecular flexibility index (Phi) is 3.39. The Labute approximate surface area is 108 Å². The molecule has 19 heavy (non-hydrogen) atoms. The van der Waals surface area contributed by atoms with E-state index < -0.39 is 11.7 Å². The van der Waals surface area contributed by atoms with Crippen molar-refractivity contribution in [3.63, 3.8) is 0 Å². The number of nitriles is 1. The fourth-order valence-electron chi connectivity index (χ4n) is 1.42. The Bertz CT molecular complexity index is 661. The van der Waals surface area contributed by atoms with Crippen LogP contribution in [-0.4, -0.2) is 10.9 Å². The average molecular weight is 256 g/mol. The highest BCUT2D eigenvalue weighted by atomic mass is 19.1. The highest BCUT2D eigenvalue weighted by Gasteiger charge is 2.10. The predicted octanol–water partition coefficient (Wildman–Crippen LogP) is 1.93. The fourth-order valence-corrected chi connectivity index (χ4v) is 1.42. The van der Waals surface area contributed by atoms with Crippen molar-refractivity contribution < 1.29 is 9.18 Å². The summed E-state index contributed by atoms with van der Waals surface area (Å²) in [5.74, 6) is -0.881. The van der Waals surface area contributed by atoms with E-state index in [9.17, 15) is 9.18 Å². The maximum absolute atomic E-state index is 13.6. The standard InChI is InChI=1S/C13H9FN4O/c14-10-5-8(6-15)1-3-11(10)18-13(19)9-2-4-12(16)17-7-9/h1-5,7H,(H2,16,17)(H,18,19). The lowest BCUT2D eigenvalue weighted by molar-refractivity contribution is 0.102. The quantitative estimate of drug-likeness (QED) is 0.858. The van der Waals surface area contributed by atoms with Gasteiger partial charge in [-0.1, -0.05) is 0 Å². The van der Waals surface area contributed by atoms with Gasteiger partial charge in [-0.3, -0.25) is 4.79 Å². The van der Waals surface area contributed by atoms with Gasteiger partial charge in [-0.2, -0.15) is 5.26 Å². The molecular formula is C13H9FN4O. The van der Waals surface area contributed by atoms with Crippen LogP contribution in [0.5, 0.6) is 0 Å². The SMILES string of the molecule is N#Cc1ccc(NC(=O)c2ccc(N)nc2)c(F)c1. The van der Waals surface area contributed by atoms with Crippen LogP contribution in [0.4, 0.5) is 15.9 Å². The molecule has 0 atom stereocenters. The number of hydrogen-bond acceptors (Lipinski definition) is 4. The van der Waals surface area contributed by atoms with Crippen LogP contribution in [0.2, 0.25) is 0 Å². The van der Waals surface area contributed by atoms with Gasteiger partial charge in [0.05, 0.1) is 22.9 Å². The lowest BCUT2D eigenvalue weighted by Crippen LogP contribution is -2.13. The van der Waals surface area contributed by atoms with Gasteiger partial charge in [0, 0.05) is 6.20 Å². The van der Waals surface area contributed by atoms with Crippen molar-refractivity contribution in [3.8, 4) is 6.07 Å². The first-order valence-corrected chi connectivity index (χ1v) is 5.32. The number of hydrogen-bond donors (Lipinski definition) is 2. The molecule has 0 aliphatic heterocycles. The molecule has 0 unspecified atom stereocenters. The van der Waals surface area contributed by atoms with Crippen LogP contribution in [0.15, 0.2) is 36.5 Å². The van der Waals surface area contributed by atoms with Crippen LogP contribution in [0.25, 0.3) is 0 Å². The van der Waals surface area contributed by atoms with Crippen molar-refractivity contribution >= 4 is 17.4 Å². The Morgan fingerprint density at radius 2 is 2.16 bits per heavy atom. The minimum Gasteiger partial charge on any atom is -0.384 e. The van der Waals surface area contributed by atoms with Crippen molar-refractivity contribution in [2.75, 3.05) is 11.1 Å². The highest BCUT2D eigenvalue weighted by molar-refractivity contribution is 6.04. The summed E-state index contributed by atoms with van der Waals surface area (Å²) < 4.78 is 13.6. The van der Waals surface area contributed by atoms with E-state index in [0.717, 1.165) is 6.07 Å². The normalized spacial score (nSPS) is 9.68. The van der Waals surface area contributed by atoms with Crippen LogP contribution < -0.4 is 11.1 Å². The largest absolute Gasteiger partial charge is 0.384 e. The molecule has 1 amide bonds. The Balaban J connectivity index is 2.20. The summed E-state index contributed by atoms with van der Waals surface area (Å²) in [5, 5.41) is 11.0. The number of carbonyl (C=O) groups excluding carboxylic acids is 1. The minimum atomic E-state index is -0.671. The van der Waals surface area contributed by atoms with Crippen molar-refractivity contribution in [3.05, 3.63) is 53.5 Å². The predicted molar refractivity (Wildman–Crippen MR) is 67.7 cm³/mol. The molecule has 0 aliphatic rings. The molecule has 6 heteroatoms. The molecule has 0 fully saturated rings. The van der Waals surface area contributed by atoms with Gasteiger partial charge in [0.25, 0.3) is 5.91 Å². The summed E-state index contributed by atoms with van der Waals surface area (Å²) in [4.78, 5) is 15.6. The Hall–Kier alpha value is -2.94. The summed E-state index contributed by atoms with van der Waals surface area (Å²) in [6.07, 6.45) is 1.30. The number of nitrogens with one attached hydrogen (secondary N) is 1. The lowest BCUT2D eigenvalue weighted by Gasteiger charge is -2.06. The minimum absolute atomic E-state index is 0.000764. The number of rotatable bonds is 2. The van der Waals surface area contributed by atoms with Gasteiger partial charge in [-0.25, -0.2) is 9.37 Å². The van der Waals surface area contributed by atoms with Crippen LogP contribution in [0.3, 0.4) is 0 Å². The summed E-state index contributed by atoms with van der Waals surface area (Å²) >= 11 is 0. The highest BCUT2D eigenvalue weighted by Crippen LogP contribution is 2.16. The third-order valence-electron chi connectivity index (χ3n) is 2.39. The molecule has 5 nitrogen and oxygen atoms in total. The molecule has 1 aromatic carbocycles. The first-order chi connectivity index (χ1) is 9.10. The molecule has 1 aromatic heterocycles. The molecule has 0 saturated heterocycles. The Morgan fingerprint density at radius 3 is 2.74 bits per heavy atom. The number of halogens is 1.